The Morgan fingerprint density at radius 2 is 1.27 bits per heavy atom. The maximum Gasteiger partial charge on any atom is 0.0154 e. The van der Waals surface area contributed by atoms with Gasteiger partial charge >= 0.3 is 0 Å². The summed E-state index contributed by atoms with van der Waals surface area (Å²) in [4.78, 5) is 0. The fourth-order valence-electron chi connectivity index (χ4n) is 3.84. The number of aryl methyl sites for hydroxylation is 1. The van der Waals surface area contributed by atoms with Crippen LogP contribution in [-0.2, 0) is 6.42 Å². The first-order valence-electron chi connectivity index (χ1n) is 9.61. The molecular formula is C21H35N. The van der Waals surface area contributed by atoms with E-state index >= 15 is 0 Å². The molecule has 1 fully saturated rings. The number of benzene rings is 1. The average Bonchev–Trinajstić information content (AvgIpc) is 2.59. The summed E-state index contributed by atoms with van der Waals surface area (Å²) in [5.41, 5.74) is 8.37. The summed E-state index contributed by atoms with van der Waals surface area (Å²) in [6.07, 6.45) is 18.7. The molecule has 0 amide bonds. The number of hydrogen-bond acceptors (Lipinski definition) is 1. The van der Waals surface area contributed by atoms with Crippen LogP contribution in [0, 0.1) is 0 Å². The van der Waals surface area contributed by atoms with E-state index in [1.54, 1.807) is 0 Å². The van der Waals surface area contributed by atoms with Crippen LogP contribution < -0.4 is 5.73 Å². The quantitative estimate of drug-likeness (QED) is 0.662. The maximum atomic E-state index is 6.78. The van der Waals surface area contributed by atoms with Gasteiger partial charge in [-0.15, -0.1) is 0 Å². The first-order valence-corrected chi connectivity index (χ1v) is 9.61. The van der Waals surface area contributed by atoms with Crippen molar-refractivity contribution in [3.63, 3.8) is 0 Å². The van der Waals surface area contributed by atoms with E-state index in [1.807, 2.05) is 0 Å². The molecule has 1 aromatic carbocycles. The van der Waals surface area contributed by atoms with Gasteiger partial charge in [-0.25, -0.2) is 0 Å². The zero-order valence-corrected chi connectivity index (χ0v) is 14.4. The number of nitrogens with two attached hydrogens (primary N) is 1. The first kappa shape index (κ1) is 17.5. The molecule has 1 nitrogen and oxygen atoms in total. The van der Waals surface area contributed by atoms with Gasteiger partial charge in [-0.05, 0) is 37.7 Å². The van der Waals surface area contributed by atoms with E-state index in [1.165, 1.54) is 95.5 Å². The van der Waals surface area contributed by atoms with Gasteiger partial charge in [0.15, 0.2) is 0 Å². The number of rotatable bonds is 5. The predicted octanol–water partition coefficient (Wildman–Crippen LogP) is 6.01. The van der Waals surface area contributed by atoms with Crippen LogP contribution in [0.3, 0.4) is 0 Å². The van der Waals surface area contributed by atoms with Crippen LogP contribution >= 0.6 is 0 Å². The Morgan fingerprint density at radius 3 is 1.86 bits per heavy atom. The molecule has 0 unspecified atom stereocenters. The second kappa shape index (κ2) is 10.0. The lowest BCUT2D eigenvalue weighted by molar-refractivity contribution is 0.308. The standard InChI is InChI=1S/C21H35N/c22-21(17-11-5-3-1-2-4-6-12-18-21)19-13-10-16-20-14-8-7-9-15-20/h7-9,14-15H,1-6,10-13,16-19,22H2. The van der Waals surface area contributed by atoms with Crippen molar-refractivity contribution in [2.24, 2.45) is 5.73 Å². The monoisotopic (exact) mass is 301 g/mol. The molecule has 1 aromatic rings. The maximum absolute atomic E-state index is 6.78. The van der Waals surface area contributed by atoms with Crippen molar-refractivity contribution < 1.29 is 0 Å². The van der Waals surface area contributed by atoms with Crippen molar-refractivity contribution in [3.8, 4) is 0 Å². The van der Waals surface area contributed by atoms with Crippen molar-refractivity contribution in [1.82, 2.24) is 0 Å². The third kappa shape index (κ3) is 6.96. The van der Waals surface area contributed by atoms with Gasteiger partial charge in [0.05, 0.1) is 0 Å². The van der Waals surface area contributed by atoms with Crippen molar-refractivity contribution >= 4 is 0 Å². The molecule has 22 heavy (non-hydrogen) atoms. The highest BCUT2D eigenvalue weighted by atomic mass is 14.7. The zero-order chi connectivity index (χ0) is 15.5. The van der Waals surface area contributed by atoms with Gasteiger partial charge in [0.1, 0.15) is 0 Å². The summed E-state index contributed by atoms with van der Waals surface area (Å²) < 4.78 is 0. The van der Waals surface area contributed by atoms with Crippen molar-refractivity contribution in [1.29, 1.82) is 0 Å². The molecule has 0 saturated heterocycles. The minimum Gasteiger partial charge on any atom is -0.325 e. The summed E-state index contributed by atoms with van der Waals surface area (Å²) in [5, 5.41) is 0. The minimum atomic E-state index is 0.126. The van der Waals surface area contributed by atoms with E-state index in [0.717, 1.165) is 0 Å². The van der Waals surface area contributed by atoms with Crippen LogP contribution in [0.1, 0.15) is 89.0 Å². The van der Waals surface area contributed by atoms with Gasteiger partial charge in [0, 0.05) is 5.54 Å². The van der Waals surface area contributed by atoms with Crippen LogP contribution in [0.25, 0.3) is 0 Å². The SMILES string of the molecule is NC1(CCCCc2ccccc2)CCCCCCCCCC1. The van der Waals surface area contributed by atoms with E-state index in [0.29, 0.717) is 0 Å². The van der Waals surface area contributed by atoms with Gasteiger partial charge in [-0.3, -0.25) is 0 Å². The normalized spacial score (nSPS) is 20.2. The Hall–Kier alpha value is -0.820. The average molecular weight is 302 g/mol. The third-order valence-electron chi connectivity index (χ3n) is 5.33. The summed E-state index contributed by atoms with van der Waals surface area (Å²) in [7, 11) is 0. The highest BCUT2D eigenvalue weighted by Crippen LogP contribution is 2.27. The molecule has 0 atom stereocenters. The number of hydrogen-bond donors (Lipinski definition) is 1. The van der Waals surface area contributed by atoms with Gasteiger partial charge < -0.3 is 5.73 Å². The van der Waals surface area contributed by atoms with E-state index in [2.05, 4.69) is 30.3 Å². The van der Waals surface area contributed by atoms with Gasteiger partial charge in [0.2, 0.25) is 0 Å². The molecule has 0 heterocycles. The highest BCUT2D eigenvalue weighted by molar-refractivity contribution is 5.14. The van der Waals surface area contributed by atoms with Gasteiger partial charge in [-0.2, -0.15) is 0 Å². The molecule has 0 aromatic heterocycles. The molecule has 2 rings (SSSR count). The van der Waals surface area contributed by atoms with Crippen LogP contribution in [0.4, 0.5) is 0 Å². The molecule has 0 radical (unpaired) electrons. The zero-order valence-electron chi connectivity index (χ0n) is 14.4. The van der Waals surface area contributed by atoms with E-state index < -0.39 is 0 Å². The fraction of sp³-hybridized carbons (Fsp3) is 0.714. The summed E-state index contributed by atoms with van der Waals surface area (Å²) >= 11 is 0. The second-order valence-electron chi connectivity index (χ2n) is 7.38. The molecule has 1 aliphatic rings. The molecule has 0 spiro atoms. The molecule has 1 aliphatic carbocycles. The van der Waals surface area contributed by atoms with E-state index in [4.69, 9.17) is 5.73 Å². The van der Waals surface area contributed by atoms with E-state index in [9.17, 15) is 0 Å². The highest BCUT2D eigenvalue weighted by Gasteiger charge is 2.23. The molecule has 1 heteroatoms. The Balaban J connectivity index is 1.71. The Kier molecular flexibility index (Phi) is 8.01. The summed E-state index contributed by atoms with van der Waals surface area (Å²) in [6.45, 7) is 0. The lowest BCUT2D eigenvalue weighted by Gasteiger charge is -2.30. The van der Waals surface area contributed by atoms with Crippen LogP contribution in [0.5, 0.6) is 0 Å². The topological polar surface area (TPSA) is 26.0 Å². The van der Waals surface area contributed by atoms with Crippen LogP contribution in [0.2, 0.25) is 0 Å². The van der Waals surface area contributed by atoms with Crippen LogP contribution in [0.15, 0.2) is 30.3 Å². The fourth-order valence-corrected chi connectivity index (χ4v) is 3.84. The van der Waals surface area contributed by atoms with Crippen molar-refractivity contribution in [3.05, 3.63) is 35.9 Å². The van der Waals surface area contributed by atoms with E-state index in [-0.39, 0.29) is 5.54 Å². The molecule has 0 aliphatic heterocycles. The number of unbranched alkanes of at least 4 members (excludes halogenated alkanes) is 1. The van der Waals surface area contributed by atoms with Crippen molar-refractivity contribution in [2.75, 3.05) is 0 Å². The Morgan fingerprint density at radius 1 is 0.727 bits per heavy atom. The lowest BCUT2D eigenvalue weighted by Crippen LogP contribution is -2.39. The van der Waals surface area contributed by atoms with Crippen LogP contribution in [-0.4, -0.2) is 5.54 Å². The van der Waals surface area contributed by atoms with Crippen molar-refractivity contribution in [2.45, 2.75) is 95.4 Å². The van der Waals surface area contributed by atoms with Gasteiger partial charge in [-0.1, -0.05) is 88.1 Å². The molecule has 124 valence electrons. The third-order valence-corrected chi connectivity index (χ3v) is 5.33. The first-order chi connectivity index (χ1) is 10.8. The lowest BCUT2D eigenvalue weighted by atomic mass is 9.83. The minimum absolute atomic E-state index is 0.126. The van der Waals surface area contributed by atoms with Gasteiger partial charge in [0.25, 0.3) is 0 Å². The Bertz CT molecular complexity index is 372. The second-order valence-corrected chi connectivity index (χ2v) is 7.38. The molecule has 0 bridgehead atoms. The molecular weight excluding hydrogens is 266 g/mol. The smallest absolute Gasteiger partial charge is 0.0154 e. The Labute approximate surface area is 137 Å². The predicted molar refractivity (Wildman–Crippen MR) is 97.1 cm³/mol. The molecule has 2 N–H and O–H groups in total. The summed E-state index contributed by atoms with van der Waals surface area (Å²) in [5.74, 6) is 0. The largest absolute Gasteiger partial charge is 0.325 e. The molecule has 1 saturated carbocycles. The summed E-state index contributed by atoms with van der Waals surface area (Å²) in [6, 6.07) is 10.9.